The van der Waals surface area contributed by atoms with Gasteiger partial charge in [-0.1, -0.05) is 0 Å². The van der Waals surface area contributed by atoms with Gasteiger partial charge in [0.2, 0.25) is 0 Å². The Labute approximate surface area is 176 Å². The second-order valence-corrected chi connectivity index (χ2v) is 6.84. The number of aryl methyl sites for hydroxylation is 1. The predicted octanol–water partition coefficient (Wildman–Crippen LogP) is 3.34. The summed E-state index contributed by atoms with van der Waals surface area (Å²) in [7, 11) is 0. The molecular formula is C19H26Cl2N6O. The Bertz CT molecular complexity index is 881. The lowest BCUT2D eigenvalue weighted by atomic mass is 10.1. The molecule has 0 saturated carbocycles. The summed E-state index contributed by atoms with van der Waals surface area (Å²) in [5, 5.41) is 14.4. The molecule has 4 heterocycles. The zero-order chi connectivity index (χ0) is 17.9. The normalized spacial score (nSPS) is 14.2. The summed E-state index contributed by atoms with van der Waals surface area (Å²) >= 11 is 0. The average molecular weight is 425 g/mol. The standard InChI is InChI=1S/C19H24N6O.2ClH/c1-12(10-14-11-13(2)24-25-14)21-18-15-5-7-20-8-6-16(15)22-19(23-18)17-4-3-9-26-17;;/h3-4,9,11-12,20H,5-8,10H2,1-2H3,(H,24,25)(H,21,22,23);2*1H. The maximum Gasteiger partial charge on any atom is 0.197 e. The van der Waals surface area contributed by atoms with Crippen LogP contribution in [-0.4, -0.2) is 39.3 Å². The minimum Gasteiger partial charge on any atom is -0.461 e. The van der Waals surface area contributed by atoms with Crippen LogP contribution in [0.3, 0.4) is 0 Å². The van der Waals surface area contributed by atoms with Gasteiger partial charge in [0.15, 0.2) is 11.6 Å². The van der Waals surface area contributed by atoms with Crippen LogP contribution in [0.25, 0.3) is 11.6 Å². The van der Waals surface area contributed by atoms with E-state index in [1.165, 1.54) is 5.56 Å². The van der Waals surface area contributed by atoms with E-state index in [1.807, 2.05) is 19.1 Å². The number of hydrogen-bond donors (Lipinski definition) is 3. The molecule has 3 aromatic heterocycles. The van der Waals surface area contributed by atoms with Crippen molar-refractivity contribution in [2.24, 2.45) is 0 Å². The van der Waals surface area contributed by atoms with E-state index in [1.54, 1.807) is 6.26 Å². The zero-order valence-electron chi connectivity index (χ0n) is 16.0. The maximum absolute atomic E-state index is 5.52. The fraction of sp³-hybridized carbons (Fsp3) is 0.421. The molecule has 152 valence electrons. The summed E-state index contributed by atoms with van der Waals surface area (Å²) < 4.78 is 5.52. The van der Waals surface area contributed by atoms with Crippen molar-refractivity contribution in [2.45, 2.75) is 39.2 Å². The number of fused-ring (bicyclic) bond motifs is 1. The molecule has 3 N–H and O–H groups in total. The second kappa shape index (κ2) is 9.91. The van der Waals surface area contributed by atoms with Crippen molar-refractivity contribution in [1.82, 2.24) is 25.5 Å². The van der Waals surface area contributed by atoms with Gasteiger partial charge in [-0.3, -0.25) is 5.10 Å². The van der Waals surface area contributed by atoms with Crippen molar-refractivity contribution in [3.05, 3.63) is 47.1 Å². The van der Waals surface area contributed by atoms with Crippen LogP contribution in [0.4, 0.5) is 5.82 Å². The first kappa shape index (κ1) is 22.2. The molecule has 0 aliphatic carbocycles. The first-order chi connectivity index (χ1) is 12.7. The van der Waals surface area contributed by atoms with Crippen molar-refractivity contribution in [3.63, 3.8) is 0 Å². The number of H-pyrrole nitrogens is 1. The molecule has 9 heteroatoms. The highest BCUT2D eigenvalue weighted by molar-refractivity contribution is 5.85. The van der Waals surface area contributed by atoms with Gasteiger partial charge >= 0.3 is 0 Å². The quantitative estimate of drug-likeness (QED) is 0.581. The van der Waals surface area contributed by atoms with Crippen LogP contribution >= 0.6 is 24.8 Å². The van der Waals surface area contributed by atoms with Crippen LogP contribution in [-0.2, 0) is 19.3 Å². The summed E-state index contributed by atoms with van der Waals surface area (Å²) in [6, 6.07) is 6.05. The summed E-state index contributed by atoms with van der Waals surface area (Å²) in [5.41, 5.74) is 4.43. The van der Waals surface area contributed by atoms with Crippen LogP contribution in [0.1, 0.15) is 29.6 Å². The molecule has 7 nitrogen and oxygen atoms in total. The minimum atomic E-state index is 0. The van der Waals surface area contributed by atoms with Gasteiger partial charge in [-0.2, -0.15) is 5.10 Å². The Morgan fingerprint density at radius 3 is 2.75 bits per heavy atom. The topological polar surface area (TPSA) is 91.7 Å². The lowest BCUT2D eigenvalue weighted by molar-refractivity contribution is 0.576. The van der Waals surface area contributed by atoms with Gasteiger partial charge in [-0.05, 0) is 45.0 Å². The third-order valence-corrected chi connectivity index (χ3v) is 4.58. The molecule has 0 saturated heterocycles. The van der Waals surface area contributed by atoms with E-state index in [0.29, 0.717) is 11.6 Å². The van der Waals surface area contributed by atoms with Crippen molar-refractivity contribution < 1.29 is 4.42 Å². The molecule has 0 amide bonds. The number of aromatic nitrogens is 4. The molecule has 28 heavy (non-hydrogen) atoms. The smallest absolute Gasteiger partial charge is 0.197 e. The van der Waals surface area contributed by atoms with Gasteiger partial charge in [0.25, 0.3) is 0 Å². The lowest BCUT2D eigenvalue weighted by Gasteiger charge is -2.18. The minimum absolute atomic E-state index is 0. The number of anilines is 1. The van der Waals surface area contributed by atoms with Crippen LogP contribution in [0.5, 0.6) is 0 Å². The van der Waals surface area contributed by atoms with E-state index in [-0.39, 0.29) is 30.9 Å². The first-order valence-electron chi connectivity index (χ1n) is 9.11. The van der Waals surface area contributed by atoms with Crippen LogP contribution in [0.15, 0.2) is 28.9 Å². The highest BCUT2D eigenvalue weighted by Crippen LogP contribution is 2.25. The summed E-state index contributed by atoms with van der Waals surface area (Å²) in [5.74, 6) is 2.24. The van der Waals surface area contributed by atoms with Crippen molar-refractivity contribution in [3.8, 4) is 11.6 Å². The summed E-state index contributed by atoms with van der Waals surface area (Å²) in [6.45, 7) is 6.04. The molecule has 0 fully saturated rings. The molecule has 0 bridgehead atoms. The number of nitrogens with zero attached hydrogens (tertiary/aromatic N) is 3. The Morgan fingerprint density at radius 2 is 2.04 bits per heavy atom. The molecule has 4 rings (SSSR count). The predicted molar refractivity (Wildman–Crippen MR) is 115 cm³/mol. The monoisotopic (exact) mass is 424 g/mol. The molecule has 1 aliphatic rings. The highest BCUT2D eigenvalue weighted by Gasteiger charge is 2.19. The van der Waals surface area contributed by atoms with E-state index in [2.05, 4.69) is 33.8 Å². The van der Waals surface area contributed by atoms with Crippen molar-refractivity contribution >= 4 is 30.6 Å². The zero-order valence-corrected chi connectivity index (χ0v) is 17.6. The molecule has 0 spiro atoms. The molecule has 1 aliphatic heterocycles. The van der Waals surface area contributed by atoms with Crippen LogP contribution < -0.4 is 10.6 Å². The van der Waals surface area contributed by atoms with Crippen molar-refractivity contribution in [1.29, 1.82) is 0 Å². The van der Waals surface area contributed by atoms with Gasteiger partial charge in [0.05, 0.1) is 17.7 Å². The number of aromatic amines is 1. The van der Waals surface area contributed by atoms with Gasteiger partial charge in [-0.15, -0.1) is 24.8 Å². The fourth-order valence-electron chi connectivity index (χ4n) is 3.36. The first-order valence-corrected chi connectivity index (χ1v) is 9.11. The van der Waals surface area contributed by atoms with Crippen LogP contribution in [0, 0.1) is 6.92 Å². The van der Waals surface area contributed by atoms with Crippen LogP contribution in [0.2, 0.25) is 0 Å². The number of rotatable bonds is 5. The number of nitrogens with one attached hydrogen (secondary N) is 3. The van der Waals surface area contributed by atoms with E-state index in [0.717, 1.165) is 55.3 Å². The van der Waals surface area contributed by atoms with E-state index >= 15 is 0 Å². The molecule has 0 radical (unpaired) electrons. The van der Waals surface area contributed by atoms with E-state index < -0.39 is 0 Å². The Balaban J connectivity index is 0.00000140. The number of halogens is 2. The SMILES string of the molecule is Cc1cc(CC(C)Nc2nc(-c3ccco3)nc3c2CCNCC3)n[nH]1.Cl.Cl. The molecule has 1 unspecified atom stereocenters. The van der Waals surface area contributed by atoms with Crippen molar-refractivity contribution in [2.75, 3.05) is 18.4 Å². The third kappa shape index (κ3) is 5.04. The lowest BCUT2D eigenvalue weighted by Crippen LogP contribution is -2.21. The van der Waals surface area contributed by atoms with E-state index in [9.17, 15) is 0 Å². The molecular weight excluding hydrogens is 399 g/mol. The summed E-state index contributed by atoms with van der Waals surface area (Å²) in [4.78, 5) is 9.55. The Kier molecular flexibility index (Phi) is 7.86. The third-order valence-electron chi connectivity index (χ3n) is 4.58. The van der Waals surface area contributed by atoms with Gasteiger partial charge in [0.1, 0.15) is 5.82 Å². The maximum atomic E-state index is 5.52. The van der Waals surface area contributed by atoms with Gasteiger partial charge < -0.3 is 15.1 Å². The Morgan fingerprint density at radius 1 is 1.21 bits per heavy atom. The highest BCUT2D eigenvalue weighted by atomic mass is 35.5. The van der Waals surface area contributed by atoms with Gasteiger partial charge in [0, 0.05) is 36.7 Å². The average Bonchev–Trinajstić information content (AvgIpc) is 3.22. The largest absolute Gasteiger partial charge is 0.461 e. The van der Waals surface area contributed by atoms with Gasteiger partial charge in [-0.25, -0.2) is 9.97 Å². The molecule has 0 aromatic carbocycles. The second-order valence-electron chi connectivity index (χ2n) is 6.84. The summed E-state index contributed by atoms with van der Waals surface area (Å²) in [6.07, 6.45) is 4.30. The molecule has 3 aromatic rings. The fourth-order valence-corrected chi connectivity index (χ4v) is 3.36. The number of furan rings is 1. The Hall–Kier alpha value is -2.09. The number of hydrogen-bond acceptors (Lipinski definition) is 6. The molecule has 1 atom stereocenters. The van der Waals surface area contributed by atoms with E-state index in [4.69, 9.17) is 14.4 Å².